The molecule has 4 rings (SSSR count). The van der Waals surface area contributed by atoms with E-state index in [1.807, 2.05) is 0 Å². The van der Waals surface area contributed by atoms with Gasteiger partial charge in [0.1, 0.15) is 16.8 Å². The quantitative estimate of drug-likeness (QED) is 0.503. The molecule has 1 aliphatic heterocycles. The predicted molar refractivity (Wildman–Crippen MR) is 118 cm³/mol. The van der Waals surface area contributed by atoms with Gasteiger partial charge in [0.05, 0.1) is 10.6 Å². The molecule has 1 saturated heterocycles. The molecule has 0 spiro atoms. The molecule has 1 fully saturated rings. The summed E-state index contributed by atoms with van der Waals surface area (Å²) >= 11 is 6.93. The van der Waals surface area contributed by atoms with Crippen LogP contribution >= 0.6 is 22.9 Å². The predicted octanol–water partition coefficient (Wildman–Crippen LogP) is 1.98. The number of aryl methyl sites for hydroxylation is 1. The topological polar surface area (TPSA) is 134 Å². The lowest BCUT2D eigenvalue weighted by Gasteiger charge is -2.38. The number of carboxylic acids is 1. The molecule has 0 bridgehead atoms. The molecule has 0 aliphatic carbocycles. The van der Waals surface area contributed by atoms with Crippen LogP contribution in [0.4, 0.5) is 18.3 Å². The Morgan fingerprint density at radius 1 is 1.26 bits per heavy atom. The first-order valence-corrected chi connectivity index (χ1v) is 12.3. The lowest BCUT2D eigenvalue weighted by molar-refractivity contribution is -0.274. The molecule has 11 nitrogen and oxygen atoms in total. The number of piperazine rings is 1. The average Bonchev–Trinajstić information content (AvgIpc) is 3.20. The van der Waals surface area contributed by atoms with Crippen molar-refractivity contribution < 1.29 is 36.2 Å². The number of ether oxygens (including phenoxy) is 1. The number of nitrogens with zero attached hydrogens (tertiary/aromatic N) is 5. The summed E-state index contributed by atoms with van der Waals surface area (Å²) in [7, 11) is -4.37. The third kappa shape index (κ3) is 4.91. The van der Waals surface area contributed by atoms with Gasteiger partial charge in [0.25, 0.3) is 5.56 Å². The highest BCUT2D eigenvalue weighted by molar-refractivity contribution is 7.89. The fraction of sp³-hybridized carbons (Fsp3) is 0.333. The number of halogens is 4. The second kappa shape index (κ2) is 8.92. The summed E-state index contributed by atoms with van der Waals surface area (Å²) in [5.41, 5.74) is -0.288. The number of aliphatic carboxylic acids is 1. The highest BCUT2D eigenvalue weighted by atomic mass is 35.5. The average molecular weight is 554 g/mol. The van der Waals surface area contributed by atoms with Crippen molar-refractivity contribution >= 4 is 49.0 Å². The van der Waals surface area contributed by atoms with E-state index in [2.05, 4.69) is 14.8 Å². The molecule has 188 valence electrons. The number of hydrogen-bond acceptors (Lipinski definition) is 9. The standard InChI is InChI=1S/C18H15ClF3N5O6S2/c1-9-13(19)14(28)23-16-27(9)24-17(34-16)25-6-7-26(12(8-25)15(29)30)35(31,32)11-4-2-10(3-5-11)33-18(20,21)22/h2-5,12H,6-8H2,1H3,(H,29,30)/t12-/m1/s1. The summed E-state index contributed by atoms with van der Waals surface area (Å²) in [4.78, 5) is 29.0. The second-order valence-electron chi connectivity index (χ2n) is 7.33. The Labute approximate surface area is 204 Å². The molecule has 0 unspecified atom stereocenters. The van der Waals surface area contributed by atoms with E-state index >= 15 is 0 Å². The second-order valence-corrected chi connectivity index (χ2v) is 10.5. The van der Waals surface area contributed by atoms with Gasteiger partial charge in [-0.15, -0.1) is 18.3 Å². The van der Waals surface area contributed by atoms with Crippen LogP contribution in [-0.4, -0.2) is 70.4 Å². The Kier molecular flexibility index (Phi) is 6.41. The zero-order valence-corrected chi connectivity index (χ0v) is 19.9. The van der Waals surface area contributed by atoms with Gasteiger partial charge in [-0.2, -0.15) is 9.29 Å². The van der Waals surface area contributed by atoms with Gasteiger partial charge in [-0.1, -0.05) is 22.9 Å². The Morgan fingerprint density at radius 3 is 2.51 bits per heavy atom. The van der Waals surface area contributed by atoms with Gasteiger partial charge in [-0.25, -0.2) is 12.9 Å². The van der Waals surface area contributed by atoms with Gasteiger partial charge in [0.15, 0.2) is 0 Å². The first-order chi connectivity index (χ1) is 16.3. The molecule has 1 aromatic carbocycles. The summed E-state index contributed by atoms with van der Waals surface area (Å²) < 4.78 is 69.1. The van der Waals surface area contributed by atoms with Gasteiger partial charge in [-0.3, -0.25) is 9.59 Å². The summed E-state index contributed by atoms with van der Waals surface area (Å²) in [5, 5.41) is 14.3. The highest BCUT2D eigenvalue weighted by Crippen LogP contribution is 2.30. The molecule has 35 heavy (non-hydrogen) atoms. The minimum Gasteiger partial charge on any atom is -0.480 e. The normalized spacial score (nSPS) is 17.6. The fourth-order valence-corrected chi connectivity index (χ4v) is 6.11. The molecular formula is C18H15ClF3N5O6S2. The molecule has 0 saturated carbocycles. The monoisotopic (exact) mass is 553 g/mol. The summed E-state index contributed by atoms with van der Waals surface area (Å²) in [6.07, 6.45) is -4.95. The van der Waals surface area contributed by atoms with E-state index in [4.69, 9.17) is 11.6 Å². The number of hydrogen-bond donors (Lipinski definition) is 1. The third-order valence-electron chi connectivity index (χ3n) is 5.12. The molecular weight excluding hydrogens is 539 g/mol. The summed E-state index contributed by atoms with van der Waals surface area (Å²) in [6.45, 7) is 1.09. The van der Waals surface area contributed by atoms with Crippen LogP contribution in [0.5, 0.6) is 5.75 Å². The molecule has 0 amide bonds. The Morgan fingerprint density at radius 2 is 1.91 bits per heavy atom. The minimum atomic E-state index is -4.95. The van der Waals surface area contributed by atoms with E-state index < -0.39 is 39.7 Å². The fourth-order valence-electron chi connectivity index (χ4n) is 3.45. The Hall–Kier alpha value is -2.95. The van der Waals surface area contributed by atoms with Gasteiger partial charge in [0.2, 0.25) is 20.1 Å². The molecule has 3 heterocycles. The van der Waals surface area contributed by atoms with E-state index in [9.17, 15) is 36.3 Å². The van der Waals surface area contributed by atoms with Gasteiger partial charge in [-0.05, 0) is 31.2 Å². The molecule has 0 radical (unpaired) electrons. The van der Waals surface area contributed by atoms with Gasteiger partial charge in [0, 0.05) is 19.6 Å². The van der Waals surface area contributed by atoms with E-state index in [1.54, 1.807) is 11.8 Å². The van der Waals surface area contributed by atoms with Crippen LogP contribution in [0, 0.1) is 6.92 Å². The van der Waals surface area contributed by atoms with Crippen molar-refractivity contribution in [3.05, 3.63) is 45.3 Å². The number of carbonyl (C=O) groups is 1. The van der Waals surface area contributed by atoms with Gasteiger partial charge >= 0.3 is 12.3 Å². The molecule has 17 heteroatoms. The molecule has 1 aliphatic rings. The van der Waals surface area contributed by atoms with E-state index in [0.29, 0.717) is 10.8 Å². The zero-order valence-electron chi connectivity index (χ0n) is 17.6. The van der Waals surface area contributed by atoms with Crippen LogP contribution in [0.1, 0.15) is 5.69 Å². The zero-order chi connectivity index (χ0) is 25.7. The van der Waals surface area contributed by atoms with Gasteiger partial charge < -0.3 is 14.7 Å². The maximum Gasteiger partial charge on any atom is 0.573 e. The highest BCUT2D eigenvalue weighted by Gasteiger charge is 2.41. The van der Waals surface area contributed by atoms with Crippen molar-refractivity contribution in [2.75, 3.05) is 24.5 Å². The van der Waals surface area contributed by atoms with Crippen LogP contribution in [0.3, 0.4) is 0 Å². The number of alkyl halides is 3. The smallest absolute Gasteiger partial charge is 0.480 e. The van der Waals surface area contributed by atoms with Crippen molar-refractivity contribution in [1.82, 2.24) is 18.9 Å². The third-order valence-corrected chi connectivity index (χ3v) is 8.45. The first kappa shape index (κ1) is 25.2. The number of carboxylic acid groups (broad SMARTS) is 1. The largest absolute Gasteiger partial charge is 0.573 e. The van der Waals surface area contributed by atoms with E-state index in [0.717, 1.165) is 39.9 Å². The summed E-state index contributed by atoms with van der Waals surface area (Å²) in [6, 6.07) is 1.95. The number of anilines is 1. The summed E-state index contributed by atoms with van der Waals surface area (Å²) in [5.74, 6) is -2.04. The van der Waals surface area contributed by atoms with Crippen LogP contribution in [0.25, 0.3) is 4.96 Å². The van der Waals surface area contributed by atoms with Crippen molar-refractivity contribution in [2.24, 2.45) is 0 Å². The minimum absolute atomic E-state index is 0.0513. The molecule has 2 aromatic heterocycles. The first-order valence-electron chi connectivity index (χ1n) is 9.69. The van der Waals surface area contributed by atoms with E-state index in [1.165, 1.54) is 4.52 Å². The van der Waals surface area contributed by atoms with E-state index in [-0.39, 0.29) is 34.5 Å². The van der Waals surface area contributed by atoms with Crippen LogP contribution < -0.4 is 15.2 Å². The van der Waals surface area contributed by atoms with Crippen LogP contribution in [0.15, 0.2) is 34.0 Å². The molecule has 1 N–H and O–H groups in total. The lowest BCUT2D eigenvalue weighted by Crippen LogP contribution is -2.58. The molecule has 3 aromatic rings. The number of rotatable bonds is 5. The maximum atomic E-state index is 13.1. The van der Waals surface area contributed by atoms with Crippen LogP contribution in [0.2, 0.25) is 5.02 Å². The van der Waals surface area contributed by atoms with Crippen molar-refractivity contribution in [3.8, 4) is 5.75 Å². The SMILES string of the molecule is Cc1c(Cl)c(=O)nc2sc(N3CCN(S(=O)(=O)c4ccc(OC(F)(F)F)cc4)[C@@H](C(=O)O)C3)nn12. The van der Waals surface area contributed by atoms with Crippen molar-refractivity contribution in [3.63, 3.8) is 0 Å². The number of sulfonamides is 1. The molecule has 1 atom stereocenters. The van der Waals surface area contributed by atoms with Crippen molar-refractivity contribution in [2.45, 2.75) is 24.2 Å². The Bertz CT molecular complexity index is 1460. The Balaban J connectivity index is 1.60. The lowest BCUT2D eigenvalue weighted by atomic mass is 10.2. The van der Waals surface area contributed by atoms with Crippen molar-refractivity contribution in [1.29, 1.82) is 0 Å². The number of aromatic nitrogens is 3. The number of fused-ring (bicyclic) bond motifs is 1. The van der Waals surface area contributed by atoms with Crippen LogP contribution in [-0.2, 0) is 14.8 Å². The number of benzene rings is 1. The maximum absolute atomic E-state index is 13.1.